The van der Waals surface area contributed by atoms with Gasteiger partial charge in [0.1, 0.15) is 5.82 Å². The molecule has 0 spiro atoms. The Morgan fingerprint density at radius 1 is 1.19 bits per heavy atom. The van der Waals surface area contributed by atoms with E-state index >= 15 is 0 Å². The molecule has 21 heavy (non-hydrogen) atoms. The summed E-state index contributed by atoms with van der Waals surface area (Å²) in [5.74, 6) is -0.685. The topological polar surface area (TPSA) is 55.4 Å². The van der Waals surface area contributed by atoms with E-state index in [4.69, 9.17) is 4.74 Å². The minimum atomic E-state index is -0.378. The van der Waals surface area contributed by atoms with Gasteiger partial charge in [0, 0.05) is 31.6 Å². The fraction of sp³-hybridized carbons (Fsp3) is 0.500. The molecule has 4 nitrogen and oxygen atoms in total. The predicted molar refractivity (Wildman–Crippen MR) is 76.6 cm³/mol. The zero-order valence-corrected chi connectivity index (χ0v) is 11.9. The molecule has 5 heteroatoms. The molecule has 1 fully saturated rings. The Kier molecular flexibility index (Phi) is 5.87. The van der Waals surface area contributed by atoms with Gasteiger partial charge in [0.05, 0.1) is 6.10 Å². The van der Waals surface area contributed by atoms with Crippen molar-refractivity contribution in [2.24, 2.45) is 0 Å². The molecule has 0 aliphatic carbocycles. The molecule has 0 radical (unpaired) electrons. The van der Waals surface area contributed by atoms with Crippen LogP contribution in [0.25, 0.3) is 0 Å². The second-order valence-electron chi connectivity index (χ2n) is 5.22. The summed E-state index contributed by atoms with van der Waals surface area (Å²) in [6.07, 6.45) is 3.54. The number of carbonyl (C=O) groups excluding carboxylic acids is 2. The zero-order chi connectivity index (χ0) is 15.1. The Balaban J connectivity index is 1.68. The summed E-state index contributed by atoms with van der Waals surface area (Å²) in [6, 6.07) is 5.36. The third-order valence-electron chi connectivity index (χ3n) is 3.55. The Bertz CT molecular complexity index is 481. The minimum Gasteiger partial charge on any atom is -0.376 e. The third kappa shape index (κ3) is 5.27. The average Bonchev–Trinajstić information content (AvgIpc) is 2.52. The highest BCUT2D eigenvalue weighted by molar-refractivity contribution is 5.97. The lowest BCUT2D eigenvalue weighted by Gasteiger charge is -2.22. The van der Waals surface area contributed by atoms with E-state index in [1.807, 2.05) is 0 Å². The van der Waals surface area contributed by atoms with Crippen molar-refractivity contribution in [3.63, 3.8) is 0 Å². The highest BCUT2D eigenvalue weighted by Gasteiger charge is 2.15. The van der Waals surface area contributed by atoms with E-state index in [0.29, 0.717) is 12.1 Å². The van der Waals surface area contributed by atoms with Gasteiger partial charge >= 0.3 is 0 Å². The number of ketones is 1. The van der Waals surface area contributed by atoms with Crippen LogP contribution >= 0.6 is 0 Å². The van der Waals surface area contributed by atoms with Crippen LogP contribution in [0.2, 0.25) is 0 Å². The number of hydrogen-bond acceptors (Lipinski definition) is 3. The molecular weight excluding hydrogens is 273 g/mol. The number of rotatable bonds is 6. The number of Topliss-reactive ketones (excluding diaryl/α,β-unsaturated/α-hetero) is 1. The lowest BCUT2D eigenvalue weighted by molar-refractivity contribution is -0.122. The fourth-order valence-electron chi connectivity index (χ4n) is 2.29. The monoisotopic (exact) mass is 293 g/mol. The van der Waals surface area contributed by atoms with Gasteiger partial charge in [0.25, 0.3) is 0 Å². The van der Waals surface area contributed by atoms with Gasteiger partial charge < -0.3 is 10.1 Å². The first-order chi connectivity index (χ1) is 10.1. The first-order valence-electron chi connectivity index (χ1n) is 7.32. The lowest BCUT2D eigenvalue weighted by Crippen LogP contribution is -2.35. The maximum Gasteiger partial charge on any atom is 0.220 e. The number of hydrogen-bond donors (Lipinski definition) is 1. The second-order valence-corrected chi connectivity index (χ2v) is 5.22. The zero-order valence-electron chi connectivity index (χ0n) is 11.9. The normalized spacial score (nSPS) is 18.2. The highest BCUT2D eigenvalue weighted by Crippen LogP contribution is 2.12. The summed E-state index contributed by atoms with van der Waals surface area (Å²) in [7, 11) is 0. The number of benzene rings is 1. The summed E-state index contributed by atoms with van der Waals surface area (Å²) in [5.41, 5.74) is 0.430. The van der Waals surface area contributed by atoms with Gasteiger partial charge in [-0.2, -0.15) is 0 Å². The standard InChI is InChI=1S/C16H20FNO3/c17-13-6-4-12(5-7-13)15(19)8-9-16(20)18-11-14-3-1-2-10-21-14/h4-7,14H,1-3,8-11H2,(H,18,20). The molecule has 1 amide bonds. The van der Waals surface area contributed by atoms with Crippen LogP contribution in [-0.4, -0.2) is 30.9 Å². The Morgan fingerprint density at radius 2 is 1.95 bits per heavy atom. The smallest absolute Gasteiger partial charge is 0.220 e. The molecule has 2 rings (SSSR count). The van der Waals surface area contributed by atoms with Crippen molar-refractivity contribution >= 4 is 11.7 Å². The Labute approximate surface area is 123 Å². The van der Waals surface area contributed by atoms with E-state index in [-0.39, 0.29) is 36.5 Å². The molecule has 0 bridgehead atoms. The molecule has 114 valence electrons. The van der Waals surface area contributed by atoms with Crippen molar-refractivity contribution in [1.82, 2.24) is 5.32 Å². The highest BCUT2D eigenvalue weighted by atomic mass is 19.1. The van der Waals surface area contributed by atoms with Crippen LogP contribution in [0.3, 0.4) is 0 Å². The molecule has 1 aromatic carbocycles. The predicted octanol–water partition coefficient (Wildman–Crippen LogP) is 2.47. The molecule has 1 unspecified atom stereocenters. The van der Waals surface area contributed by atoms with Gasteiger partial charge in [0.15, 0.2) is 5.78 Å². The van der Waals surface area contributed by atoms with Crippen molar-refractivity contribution < 1.29 is 18.7 Å². The van der Waals surface area contributed by atoms with Crippen molar-refractivity contribution in [1.29, 1.82) is 0 Å². The number of halogens is 1. The van der Waals surface area contributed by atoms with E-state index in [1.54, 1.807) is 0 Å². The molecule has 1 saturated heterocycles. The fourth-order valence-corrected chi connectivity index (χ4v) is 2.29. The number of carbonyl (C=O) groups is 2. The van der Waals surface area contributed by atoms with Crippen LogP contribution in [0.4, 0.5) is 4.39 Å². The number of ether oxygens (including phenoxy) is 1. The lowest BCUT2D eigenvalue weighted by atomic mass is 10.1. The van der Waals surface area contributed by atoms with Crippen molar-refractivity contribution in [3.8, 4) is 0 Å². The van der Waals surface area contributed by atoms with Crippen LogP contribution in [0.1, 0.15) is 42.5 Å². The Morgan fingerprint density at radius 3 is 2.62 bits per heavy atom. The maximum absolute atomic E-state index is 12.8. The van der Waals surface area contributed by atoms with Gasteiger partial charge in [-0.15, -0.1) is 0 Å². The first kappa shape index (κ1) is 15.6. The average molecular weight is 293 g/mol. The molecule has 1 aromatic rings. The maximum atomic E-state index is 12.8. The van der Waals surface area contributed by atoms with Crippen LogP contribution in [0.5, 0.6) is 0 Å². The van der Waals surface area contributed by atoms with Crippen molar-refractivity contribution in [3.05, 3.63) is 35.6 Å². The van der Waals surface area contributed by atoms with E-state index in [1.165, 1.54) is 24.3 Å². The van der Waals surface area contributed by atoms with Crippen LogP contribution in [0.15, 0.2) is 24.3 Å². The largest absolute Gasteiger partial charge is 0.376 e. The molecular formula is C16H20FNO3. The van der Waals surface area contributed by atoms with Gasteiger partial charge in [-0.1, -0.05) is 0 Å². The molecule has 1 heterocycles. The summed E-state index contributed by atoms with van der Waals surface area (Å²) in [5, 5.41) is 2.79. The number of amides is 1. The van der Waals surface area contributed by atoms with Gasteiger partial charge in [-0.05, 0) is 43.5 Å². The van der Waals surface area contributed by atoms with E-state index in [2.05, 4.69) is 5.32 Å². The van der Waals surface area contributed by atoms with Gasteiger partial charge in [-0.3, -0.25) is 9.59 Å². The first-order valence-corrected chi connectivity index (χ1v) is 7.32. The van der Waals surface area contributed by atoms with Crippen molar-refractivity contribution in [2.75, 3.05) is 13.2 Å². The van der Waals surface area contributed by atoms with Crippen LogP contribution < -0.4 is 5.32 Å². The van der Waals surface area contributed by atoms with E-state index in [0.717, 1.165) is 25.9 Å². The van der Waals surface area contributed by atoms with E-state index < -0.39 is 0 Å². The minimum absolute atomic E-state index is 0.0931. The van der Waals surface area contributed by atoms with Crippen LogP contribution in [-0.2, 0) is 9.53 Å². The summed E-state index contributed by atoms with van der Waals surface area (Å²) in [6.45, 7) is 1.26. The molecule has 1 atom stereocenters. The molecule has 0 aromatic heterocycles. The third-order valence-corrected chi connectivity index (χ3v) is 3.55. The van der Waals surface area contributed by atoms with Crippen LogP contribution in [0, 0.1) is 5.82 Å². The molecule has 1 N–H and O–H groups in total. The van der Waals surface area contributed by atoms with Gasteiger partial charge in [-0.25, -0.2) is 4.39 Å². The summed E-state index contributed by atoms with van der Waals surface area (Å²) >= 11 is 0. The van der Waals surface area contributed by atoms with Crippen molar-refractivity contribution in [2.45, 2.75) is 38.2 Å². The summed E-state index contributed by atoms with van der Waals surface area (Å²) < 4.78 is 18.3. The second kappa shape index (κ2) is 7.88. The molecule has 1 aliphatic rings. The summed E-state index contributed by atoms with van der Waals surface area (Å²) in [4.78, 5) is 23.5. The molecule has 0 saturated carbocycles. The van der Waals surface area contributed by atoms with Gasteiger partial charge in [0.2, 0.25) is 5.91 Å². The number of nitrogens with one attached hydrogen (secondary N) is 1. The van der Waals surface area contributed by atoms with E-state index in [9.17, 15) is 14.0 Å². The Hall–Kier alpha value is -1.75. The quantitative estimate of drug-likeness (QED) is 0.820. The molecule has 1 aliphatic heterocycles. The SMILES string of the molecule is O=C(CCC(=O)c1ccc(F)cc1)NCC1CCCCO1.